The molecule has 0 aliphatic rings. The van der Waals surface area contributed by atoms with Crippen LogP contribution in [-0.2, 0) is 11.4 Å². The topological polar surface area (TPSA) is 85.3 Å². The smallest absolute Gasteiger partial charge is 0.259 e. The number of nitriles is 1. The number of ether oxygens (including phenoxy) is 2. The van der Waals surface area contributed by atoms with E-state index in [0.29, 0.717) is 28.7 Å². The summed E-state index contributed by atoms with van der Waals surface area (Å²) < 4.78 is 11.0. The van der Waals surface area contributed by atoms with Gasteiger partial charge in [-0.2, -0.15) is 5.26 Å². The van der Waals surface area contributed by atoms with E-state index in [9.17, 15) is 4.79 Å². The van der Waals surface area contributed by atoms with Crippen LogP contribution in [0.1, 0.15) is 11.1 Å². The zero-order chi connectivity index (χ0) is 17.5. The quantitative estimate of drug-likeness (QED) is 0.644. The van der Waals surface area contributed by atoms with Crippen molar-refractivity contribution in [1.82, 2.24) is 0 Å². The van der Waals surface area contributed by atoms with Crippen molar-refractivity contribution in [2.45, 2.75) is 6.61 Å². The normalized spacial score (nSPS) is 10.8. The molecule has 0 aromatic heterocycles. The highest BCUT2D eigenvalue weighted by molar-refractivity contribution is 6.32. The number of carbonyl (C=O) groups excluding carboxylic acids is 1. The number of rotatable bonds is 6. The van der Waals surface area contributed by atoms with Crippen LogP contribution >= 0.6 is 11.6 Å². The lowest BCUT2D eigenvalue weighted by molar-refractivity contribution is -0.114. The fourth-order valence-corrected chi connectivity index (χ4v) is 2.29. The van der Waals surface area contributed by atoms with Gasteiger partial charge in [0.15, 0.2) is 11.5 Å². The largest absolute Gasteiger partial charge is 0.493 e. The van der Waals surface area contributed by atoms with Crippen LogP contribution in [0.15, 0.2) is 48.0 Å². The summed E-state index contributed by atoms with van der Waals surface area (Å²) in [6.07, 6.45) is 1.34. The van der Waals surface area contributed by atoms with Gasteiger partial charge in [0.25, 0.3) is 5.91 Å². The Bertz CT molecular complexity index is 811. The number of methoxy groups -OCH3 is 1. The average molecular weight is 343 g/mol. The number of primary amides is 1. The van der Waals surface area contributed by atoms with E-state index in [4.69, 9.17) is 32.1 Å². The molecule has 0 heterocycles. The van der Waals surface area contributed by atoms with Gasteiger partial charge in [0.05, 0.1) is 12.1 Å². The summed E-state index contributed by atoms with van der Waals surface area (Å²) in [7, 11) is 1.48. The monoisotopic (exact) mass is 342 g/mol. The molecule has 0 aliphatic carbocycles. The van der Waals surface area contributed by atoms with Crippen molar-refractivity contribution in [3.8, 4) is 17.6 Å². The zero-order valence-electron chi connectivity index (χ0n) is 13.0. The van der Waals surface area contributed by atoms with Crippen LogP contribution in [0.3, 0.4) is 0 Å². The molecule has 5 nitrogen and oxygen atoms in total. The van der Waals surface area contributed by atoms with Gasteiger partial charge in [-0.1, -0.05) is 41.9 Å². The number of nitrogens with zero attached hydrogens (tertiary/aromatic N) is 1. The maximum absolute atomic E-state index is 11.1. The number of nitrogens with two attached hydrogens (primary N) is 1. The van der Waals surface area contributed by atoms with E-state index < -0.39 is 5.91 Å². The van der Waals surface area contributed by atoms with Gasteiger partial charge in [0.2, 0.25) is 0 Å². The highest BCUT2D eigenvalue weighted by atomic mass is 35.5. The molecular weight excluding hydrogens is 328 g/mol. The molecule has 0 aliphatic heterocycles. The Balaban J connectivity index is 2.31. The summed E-state index contributed by atoms with van der Waals surface area (Å²) in [5, 5.41) is 9.21. The third kappa shape index (κ3) is 4.28. The van der Waals surface area contributed by atoms with Gasteiger partial charge >= 0.3 is 0 Å². The van der Waals surface area contributed by atoms with Crippen LogP contribution < -0.4 is 15.2 Å². The Labute approximate surface area is 144 Å². The van der Waals surface area contributed by atoms with Crippen molar-refractivity contribution in [2.75, 3.05) is 7.11 Å². The summed E-state index contributed by atoms with van der Waals surface area (Å²) in [6.45, 7) is 0.330. The molecule has 0 saturated heterocycles. The molecule has 0 atom stereocenters. The fraction of sp³-hybridized carbons (Fsp3) is 0.111. The van der Waals surface area contributed by atoms with Gasteiger partial charge in [-0.25, -0.2) is 0 Å². The van der Waals surface area contributed by atoms with Crippen LogP contribution in [0.5, 0.6) is 11.5 Å². The maximum atomic E-state index is 11.1. The van der Waals surface area contributed by atoms with Crippen molar-refractivity contribution in [3.05, 3.63) is 64.2 Å². The van der Waals surface area contributed by atoms with Crippen molar-refractivity contribution < 1.29 is 14.3 Å². The third-order valence-electron chi connectivity index (χ3n) is 3.17. The summed E-state index contributed by atoms with van der Waals surface area (Å²) in [5.41, 5.74) is 6.45. The lowest BCUT2D eigenvalue weighted by atomic mass is 10.1. The Morgan fingerprint density at radius 3 is 2.62 bits per heavy atom. The van der Waals surface area contributed by atoms with Gasteiger partial charge < -0.3 is 15.2 Å². The van der Waals surface area contributed by atoms with Crippen LogP contribution in [-0.4, -0.2) is 13.0 Å². The SMILES string of the molecule is COc1cc(/C=C(\C#N)C(N)=O)cc(Cl)c1OCc1ccccc1. The van der Waals surface area contributed by atoms with E-state index >= 15 is 0 Å². The second-order valence-corrected chi connectivity index (χ2v) is 5.25. The molecule has 0 fully saturated rings. The van der Waals surface area contributed by atoms with Crippen LogP contribution in [0.25, 0.3) is 6.08 Å². The molecule has 2 N–H and O–H groups in total. The minimum atomic E-state index is -0.808. The predicted molar refractivity (Wildman–Crippen MR) is 91.6 cm³/mol. The first-order chi connectivity index (χ1) is 11.5. The first kappa shape index (κ1) is 17.4. The third-order valence-corrected chi connectivity index (χ3v) is 3.46. The first-order valence-electron chi connectivity index (χ1n) is 7.01. The summed E-state index contributed by atoms with van der Waals surface area (Å²) in [5.74, 6) is -0.0267. The number of benzene rings is 2. The lowest BCUT2D eigenvalue weighted by Gasteiger charge is -2.13. The predicted octanol–water partition coefficient (Wildman–Crippen LogP) is 3.32. The van der Waals surface area contributed by atoms with Gasteiger partial charge in [-0.05, 0) is 29.3 Å². The molecule has 2 rings (SSSR count). The van der Waals surface area contributed by atoms with Crippen LogP contribution in [0.4, 0.5) is 0 Å². The number of halogens is 1. The molecule has 122 valence electrons. The molecular formula is C18H15ClN2O3. The highest BCUT2D eigenvalue weighted by Crippen LogP contribution is 2.37. The Morgan fingerprint density at radius 2 is 2.04 bits per heavy atom. The van der Waals surface area contributed by atoms with Crippen molar-refractivity contribution in [3.63, 3.8) is 0 Å². The molecule has 1 amide bonds. The second-order valence-electron chi connectivity index (χ2n) is 4.84. The average Bonchev–Trinajstić information content (AvgIpc) is 2.58. The van der Waals surface area contributed by atoms with Gasteiger partial charge in [0, 0.05) is 0 Å². The van der Waals surface area contributed by atoms with Crippen LogP contribution in [0.2, 0.25) is 5.02 Å². The first-order valence-corrected chi connectivity index (χ1v) is 7.38. The highest BCUT2D eigenvalue weighted by Gasteiger charge is 2.13. The number of hydrogen-bond acceptors (Lipinski definition) is 4. The van der Waals surface area contributed by atoms with Gasteiger partial charge in [0.1, 0.15) is 18.2 Å². The van der Waals surface area contributed by atoms with E-state index in [-0.39, 0.29) is 5.57 Å². The van der Waals surface area contributed by atoms with Crippen molar-refractivity contribution >= 4 is 23.6 Å². The number of hydrogen-bond donors (Lipinski definition) is 1. The fourth-order valence-electron chi connectivity index (χ4n) is 2.02. The minimum absolute atomic E-state index is 0.175. The second kappa shape index (κ2) is 8.04. The molecule has 0 radical (unpaired) electrons. The molecule has 6 heteroatoms. The Kier molecular flexibility index (Phi) is 5.83. The van der Waals surface area contributed by atoms with Crippen molar-refractivity contribution in [1.29, 1.82) is 5.26 Å². The summed E-state index contributed by atoms with van der Waals surface area (Å²) >= 11 is 6.25. The molecule has 0 unspecified atom stereocenters. The van der Waals surface area contributed by atoms with Gasteiger partial charge in [-0.3, -0.25) is 4.79 Å². The maximum Gasteiger partial charge on any atom is 0.259 e. The summed E-state index contributed by atoms with van der Waals surface area (Å²) in [4.78, 5) is 11.1. The van der Waals surface area contributed by atoms with E-state index in [0.717, 1.165) is 5.56 Å². The van der Waals surface area contributed by atoms with E-state index in [1.54, 1.807) is 18.2 Å². The minimum Gasteiger partial charge on any atom is -0.493 e. The van der Waals surface area contributed by atoms with Gasteiger partial charge in [-0.15, -0.1) is 0 Å². The zero-order valence-corrected chi connectivity index (χ0v) is 13.7. The number of carbonyl (C=O) groups is 1. The standard InChI is InChI=1S/C18H15ClN2O3/c1-23-16-9-13(7-14(10-20)18(21)22)8-15(19)17(16)24-11-12-5-3-2-4-6-12/h2-9H,11H2,1H3,(H2,21,22)/b14-7+. The molecule has 2 aromatic carbocycles. The lowest BCUT2D eigenvalue weighted by Crippen LogP contribution is -2.12. The van der Waals surface area contributed by atoms with E-state index in [1.807, 2.05) is 30.3 Å². The molecule has 0 saturated carbocycles. The Morgan fingerprint density at radius 1 is 1.33 bits per heavy atom. The molecule has 0 bridgehead atoms. The summed E-state index contributed by atoms with van der Waals surface area (Å²) in [6, 6.07) is 14.6. The van der Waals surface area contributed by atoms with Crippen molar-refractivity contribution in [2.24, 2.45) is 5.73 Å². The van der Waals surface area contributed by atoms with Crippen LogP contribution in [0, 0.1) is 11.3 Å². The molecule has 24 heavy (non-hydrogen) atoms. The molecule has 2 aromatic rings. The number of amides is 1. The molecule has 0 spiro atoms. The Hall–Kier alpha value is -2.97. The van der Waals surface area contributed by atoms with E-state index in [1.165, 1.54) is 13.2 Å². The van der Waals surface area contributed by atoms with E-state index in [2.05, 4.69) is 0 Å².